The minimum absolute atomic E-state index is 0.118. The van der Waals surface area contributed by atoms with Crippen molar-refractivity contribution in [2.24, 2.45) is 0 Å². The molecule has 0 unspecified atom stereocenters. The van der Waals surface area contributed by atoms with Crippen LogP contribution in [0.5, 0.6) is 0 Å². The van der Waals surface area contributed by atoms with Gasteiger partial charge < -0.3 is 4.57 Å². The number of fused-ring (bicyclic) bond motifs is 6. The van der Waals surface area contributed by atoms with Crippen LogP contribution in [0.3, 0.4) is 0 Å². The number of para-hydroxylation sites is 1. The summed E-state index contributed by atoms with van der Waals surface area (Å²) in [5.74, 6) is 1.95. The van der Waals surface area contributed by atoms with Gasteiger partial charge in [-0.1, -0.05) is 243 Å². The minimum Gasteiger partial charge on any atom is -0.308 e. The van der Waals surface area contributed by atoms with Gasteiger partial charge in [-0.05, 0) is 91.5 Å². The second kappa shape index (κ2) is 18.1. The molecule has 74 heavy (non-hydrogen) atoms. The van der Waals surface area contributed by atoms with E-state index >= 15 is 0 Å². The summed E-state index contributed by atoms with van der Waals surface area (Å²) in [6, 6.07) is 98.2. The zero-order valence-electron chi connectivity index (χ0n) is 40.3. The first kappa shape index (κ1) is 43.1. The lowest BCUT2D eigenvalue weighted by Crippen LogP contribution is -2.04. The molecule has 4 nitrogen and oxygen atoms in total. The van der Waals surface area contributed by atoms with Gasteiger partial charge in [0.25, 0.3) is 0 Å². The molecule has 346 valence electrons. The number of hydrogen-bond donors (Lipinski definition) is 0. The summed E-state index contributed by atoms with van der Waals surface area (Å²) < 4.78 is 2.51. The average Bonchev–Trinajstić information content (AvgIpc) is 4.00. The zero-order chi connectivity index (χ0) is 49.0. The molecule has 0 bridgehead atoms. The molecule has 11 aromatic carbocycles. The molecule has 13 aromatic rings. The van der Waals surface area contributed by atoms with Crippen molar-refractivity contribution in [2.75, 3.05) is 0 Å². The lowest BCUT2D eigenvalue weighted by atomic mass is 9.88. The summed E-state index contributed by atoms with van der Waals surface area (Å²) in [6.07, 6.45) is 0. The first-order valence-electron chi connectivity index (χ1n) is 25.3. The molecule has 0 spiro atoms. The van der Waals surface area contributed by atoms with E-state index in [4.69, 9.17) is 15.0 Å². The summed E-state index contributed by atoms with van der Waals surface area (Å²) in [4.78, 5) is 15.7. The van der Waals surface area contributed by atoms with Gasteiger partial charge in [-0.3, -0.25) is 0 Å². The first-order valence-corrected chi connectivity index (χ1v) is 25.3. The molecule has 2 heterocycles. The fourth-order valence-electron chi connectivity index (χ4n) is 11.3. The Bertz CT molecular complexity index is 4000. The molecule has 0 fully saturated rings. The molecule has 1 aliphatic rings. The van der Waals surface area contributed by atoms with Gasteiger partial charge in [0.2, 0.25) is 0 Å². The third kappa shape index (κ3) is 7.51. The first-order chi connectivity index (χ1) is 36.7. The van der Waals surface area contributed by atoms with Crippen molar-refractivity contribution in [3.05, 3.63) is 290 Å². The molecular formula is C70H46N4. The summed E-state index contributed by atoms with van der Waals surface area (Å²) >= 11 is 0. The highest BCUT2D eigenvalue weighted by molar-refractivity contribution is 6.11. The molecular weight excluding hydrogens is 897 g/mol. The highest BCUT2D eigenvalue weighted by Crippen LogP contribution is 2.50. The van der Waals surface area contributed by atoms with Crippen LogP contribution in [0.15, 0.2) is 273 Å². The van der Waals surface area contributed by atoms with Crippen LogP contribution >= 0.6 is 0 Å². The van der Waals surface area contributed by atoms with Crippen LogP contribution in [-0.2, 0) is 0 Å². The van der Waals surface area contributed by atoms with E-state index in [1.807, 2.05) is 36.4 Å². The number of benzene rings is 11. The molecule has 2 aromatic heterocycles. The van der Waals surface area contributed by atoms with Crippen LogP contribution in [0, 0.1) is 0 Å². The second-order valence-electron chi connectivity index (χ2n) is 19.1. The molecule has 0 saturated heterocycles. The van der Waals surface area contributed by atoms with Crippen LogP contribution < -0.4 is 0 Å². The largest absolute Gasteiger partial charge is 0.308 e. The Balaban J connectivity index is 1.06. The molecule has 0 N–H and O–H groups in total. The van der Waals surface area contributed by atoms with E-state index in [1.165, 1.54) is 49.7 Å². The summed E-state index contributed by atoms with van der Waals surface area (Å²) in [7, 11) is 0. The van der Waals surface area contributed by atoms with Crippen LogP contribution in [-0.4, -0.2) is 19.5 Å². The lowest BCUT2D eigenvalue weighted by Gasteiger charge is -2.22. The van der Waals surface area contributed by atoms with Crippen molar-refractivity contribution in [3.63, 3.8) is 0 Å². The van der Waals surface area contributed by atoms with Crippen molar-refractivity contribution in [1.82, 2.24) is 19.5 Å². The maximum atomic E-state index is 5.32. The van der Waals surface area contributed by atoms with Crippen molar-refractivity contribution in [1.29, 1.82) is 0 Å². The lowest BCUT2D eigenvalue weighted by molar-refractivity contribution is 1.02. The van der Waals surface area contributed by atoms with Crippen LogP contribution in [0.2, 0.25) is 0 Å². The molecule has 1 aliphatic carbocycles. The van der Waals surface area contributed by atoms with Crippen molar-refractivity contribution in [3.8, 4) is 95.5 Å². The maximum Gasteiger partial charge on any atom is 0.164 e. The Morgan fingerprint density at radius 3 is 1.14 bits per heavy atom. The summed E-state index contributed by atoms with van der Waals surface area (Å²) in [6.45, 7) is 0. The molecule has 0 aliphatic heterocycles. The molecule has 0 radical (unpaired) electrons. The summed E-state index contributed by atoms with van der Waals surface area (Å²) in [5.41, 5.74) is 21.6. The molecule has 0 atom stereocenters. The predicted octanol–water partition coefficient (Wildman–Crippen LogP) is 17.8. The van der Waals surface area contributed by atoms with E-state index in [-0.39, 0.29) is 5.92 Å². The van der Waals surface area contributed by atoms with Gasteiger partial charge in [0, 0.05) is 44.5 Å². The van der Waals surface area contributed by atoms with E-state index in [0.717, 1.165) is 66.8 Å². The van der Waals surface area contributed by atoms with E-state index < -0.39 is 0 Å². The van der Waals surface area contributed by atoms with Gasteiger partial charge in [0.1, 0.15) is 0 Å². The van der Waals surface area contributed by atoms with E-state index in [0.29, 0.717) is 17.5 Å². The summed E-state index contributed by atoms with van der Waals surface area (Å²) in [5, 5.41) is 2.40. The van der Waals surface area contributed by atoms with Gasteiger partial charge >= 0.3 is 0 Å². The number of hydrogen-bond acceptors (Lipinski definition) is 3. The second-order valence-corrected chi connectivity index (χ2v) is 19.1. The fourth-order valence-corrected chi connectivity index (χ4v) is 11.3. The quantitative estimate of drug-likeness (QED) is 0.145. The molecule has 0 amide bonds. The monoisotopic (exact) mass is 942 g/mol. The third-order valence-electron chi connectivity index (χ3n) is 14.8. The normalized spacial score (nSPS) is 12.0. The predicted molar refractivity (Wildman–Crippen MR) is 305 cm³/mol. The van der Waals surface area contributed by atoms with Crippen molar-refractivity contribution < 1.29 is 0 Å². The topological polar surface area (TPSA) is 43.6 Å². The number of rotatable bonds is 9. The molecule has 14 rings (SSSR count). The Morgan fingerprint density at radius 1 is 0.257 bits per heavy atom. The third-order valence-corrected chi connectivity index (χ3v) is 14.8. The van der Waals surface area contributed by atoms with Gasteiger partial charge in [-0.25, -0.2) is 15.0 Å². The average molecular weight is 943 g/mol. The van der Waals surface area contributed by atoms with E-state index in [2.05, 4.69) is 241 Å². The Hall–Kier alpha value is -9.77. The van der Waals surface area contributed by atoms with Gasteiger partial charge in [-0.2, -0.15) is 0 Å². The van der Waals surface area contributed by atoms with E-state index in [1.54, 1.807) is 0 Å². The SMILES string of the molecule is c1ccc(-c2ccc(-c3cc(-c4nc(-c5ccccc5)nc(-c5ccccc5)n4)cc(-c4ccc(-c5ccccc5)cc4)c3-n3c4ccccc4c4cc(C5c6ccccc6-c6ccccc65)ccc43)cc2)cc1. The van der Waals surface area contributed by atoms with Crippen molar-refractivity contribution in [2.45, 2.75) is 5.92 Å². The fraction of sp³-hybridized carbons (Fsp3) is 0.0143. The van der Waals surface area contributed by atoms with Crippen LogP contribution in [0.25, 0.3) is 117 Å². The highest BCUT2D eigenvalue weighted by Gasteiger charge is 2.30. The molecule has 4 heteroatoms. The van der Waals surface area contributed by atoms with E-state index in [9.17, 15) is 0 Å². The number of aromatic nitrogens is 4. The Kier molecular flexibility index (Phi) is 10.5. The molecule has 0 saturated carbocycles. The smallest absolute Gasteiger partial charge is 0.164 e. The Morgan fingerprint density at radius 2 is 0.635 bits per heavy atom. The maximum absolute atomic E-state index is 5.32. The van der Waals surface area contributed by atoms with Gasteiger partial charge in [0.15, 0.2) is 17.5 Å². The number of nitrogens with zero attached hydrogens (tertiary/aromatic N) is 4. The highest BCUT2D eigenvalue weighted by atomic mass is 15.0. The van der Waals surface area contributed by atoms with Crippen LogP contribution in [0.4, 0.5) is 0 Å². The van der Waals surface area contributed by atoms with Gasteiger partial charge in [0.05, 0.1) is 16.7 Å². The standard InChI is InChI=1S/C70H46N4/c1-5-19-46(20-6-1)48-33-37-50(38-34-48)61-44-55(70-72-68(52-23-9-3-10-24-52)71-69(73-70)53-25-11-4-12-26-53)45-62(51-39-35-49(36-40-51)47-21-7-2-8-22-47)67(61)74-64-32-18-17-29-58(64)63-43-54(41-42-65(63)74)66-59-30-15-13-27-56(59)57-28-14-16-31-60(57)66/h1-45,66H. The minimum atomic E-state index is 0.118. The van der Waals surface area contributed by atoms with Crippen molar-refractivity contribution >= 4 is 21.8 Å². The van der Waals surface area contributed by atoms with Crippen LogP contribution in [0.1, 0.15) is 22.6 Å². The van der Waals surface area contributed by atoms with Gasteiger partial charge in [-0.15, -0.1) is 0 Å². The zero-order valence-corrected chi connectivity index (χ0v) is 40.3. The Labute approximate surface area is 430 Å².